The Bertz CT molecular complexity index is 464. The summed E-state index contributed by atoms with van der Waals surface area (Å²) in [7, 11) is 0. The molecular formula is C14H18ClNO3. The van der Waals surface area contributed by atoms with Crippen LogP contribution in [0.4, 0.5) is 5.69 Å². The summed E-state index contributed by atoms with van der Waals surface area (Å²) < 4.78 is 5.83. The summed E-state index contributed by atoms with van der Waals surface area (Å²) in [6.45, 7) is 2.18. The maximum absolute atomic E-state index is 11.0. The summed E-state index contributed by atoms with van der Waals surface area (Å²) in [5.41, 5.74) is -0.122. The highest BCUT2D eigenvalue weighted by atomic mass is 35.5. The number of halogens is 1. The summed E-state index contributed by atoms with van der Waals surface area (Å²) in [5.74, 6) is 0.955. The minimum absolute atomic E-state index is 0.0656. The van der Waals surface area contributed by atoms with E-state index in [-0.39, 0.29) is 16.8 Å². The van der Waals surface area contributed by atoms with Gasteiger partial charge < -0.3 is 4.74 Å². The normalized spacial score (nSPS) is 23.1. The first-order valence-corrected chi connectivity index (χ1v) is 7.09. The smallest absolute Gasteiger partial charge is 0.329 e. The minimum Gasteiger partial charge on any atom is -0.483 e. The van der Waals surface area contributed by atoms with Crippen LogP contribution in [0, 0.1) is 16.0 Å². The van der Waals surface area contributed by atoms with Crippen LogP contribution >= 0.6 is 11.6 Å². The molecule has 19 heavy (non-hydrogen) atoms. The first-order chi connectivity index (χ1) is 9.11. The number of hydrogen-bond donors (Lipinski definition) is 0. The summed E-state index contributed by atoms with van der Waals surface area (Å²) in [6, 6.07) is 4.83. The number of ether oxygens (including phenoxy) is 1. The van der Waals surface area contributed by atoms with Crippen molar-refractivity contribution in [3.63, 3.8) is 0 Å². The van der Waals surface area contributed by atoms with Gasteiger partial charge in [0.05, 0.1) is 11.0 Å². The number of nitrogens with zero attached hydrogens (tertiary/aromatic N) is 1. The van der Waals surface area contributed by atoms with E-state index in [2.05, 4.69) is 6.92 Å². The molecule has 5 heteroatoms. The lowest BCUT2D eigenvalue weighted by Crippen LogP contribution is -2.25. The molecule has 4 nitrogen and oxygen atoms in total. The standard InChI is InChI=1S/C14H18ClNO3/c1-2-10-5-3-6-11(9-10)19-13-8-4-7-12(15)14(13)16(17)18/h4,7-8,10-11H,2-3,5-6,9H2,1H3. The zero-order chi connectivity index (χ0) is 13.8. The molecule has 0 heterocycles. The third-order valence-corrected chi connectivity index (χ3v) is 4.04. The lowest BCUT2D eigenvalue weighted by Gasteiger charge is -2.28. The topological polar surface area (TPSA) is 52.4 Å². The highest BCUT2D eigenvalue weighted by molar-refractivity contribution is 6.32. The summed E-state index contributed by atoms with van der Waals surface area (Å²) in [4.78, 5) is 10.6. The van der Waals surface area contributed by atoms with Crippen LogP contribution < -0.4 is 4.74 Å². The third kappa shape index (κ3) is 3.38. The lowest BCUT2D eigenvalue weighted by atomic mass is 9.85. The first-order valence-electron chi connectivity index (χ1n) is 6.71. The molecule has 1 saturated carbocycles. The molecule has 1 aliphatic carbocycles. The molecular weight excluding hydrogens is 266 g/mol. The number of benzene rings is 1. The second-order valence-electron chi connectivity index (χ2n) is 5.02. The van der Waals surface area contributed by atoms with Gasteiger partial charge in [0.2, 0.25) is 0 Å². The average Bonchev–Trinajstić information content (AvgIpc) is 2.38. The van der Waals surface area contributed by atoms with Gasteiger partial charge in [-0.05, 0) is 37.3 Å². The van der Waals surface area contributed by atoms with E-state index in [1.54, 1.807) is 12.1 Å². The maximum atomic E-state index is 11.0. The van der Waals surface area contributed by atoms with Gasteiger partial charge in [0, 0.05) is 0 Å². The van der Waals surface area contributed by atoms with Gasteiger partial charge in [0.1, 0.15) is 5.02 Å². The summed E-state index contributed by atoms with van der Waals surface area (Å²) >= 11 is 5.88. The van der Waals surface area contributed by atoms with Crippen LogP contribution in [-0.2, 0) is 0 Å². The second-order valence-corrected chi connectivity index (χ2v) is 5.43. The van der Waals surface area contributed by atoms with E-state index >= 15 is 0 Å². The van der Waals surface area contributed by atoms with Crippen molar-refractivity contribution in [3.05, 3.63) is 33.3 Å². The maximum Gasteiger partial charge on any atom is 0.329 e. The van der Waals surface area contributed by atoms with Crippen molar-refractivity contribution in [2.75, 3.05) is 0 Å². The predicted octanol–water partition coefficient (Wildman–Crippen LogP) is 4.60. The van der Waals surface area contributed by atoms with Crippen LogP contribution in [0.3, 0.4) is 0 Å². The number of nitro benzene ring substituents is 1. The Morgan fingerprint density at radius 3 is 2.95 bits per heavy atom. The lowest BCUT2D eigenvalue weighted by molar-refractivity contribution is -0.385. The van der Waals surface area contributed by atoms with E-state index in [0.717, 1.165) is 25.7 Å². The zero-order valence-electron chi connectivity index (χ0n) is 11.0. The van der Waals surface area contributed by atoms with Crippen LogP contribution in [0.2, 0.25) is 5.02 Å². The van der Waals surface area contributed by atoms with E-state index in [4.69, 9.17) is 16.3 Å². The molecule has 2 atom stereocenters. The van der Waals surface area contributed by atoms with E-state index in [9.17, 15) is 10.1 Å². The van der Waals surface area contributed by atoms with Crippen molar-refractivity contribution >= 4 is 17.3 Å². The van der Waals surface area contributed by atoms with Crippen LogP contribution in [0.25, 0.3) is 0 Å². The summed E-state index contributed by atoms with van der Waals surface area (Å²) in [5, 5.41) is 11.2. The largest absolute Gasteiger partial charge is 0.483 e. The predicted molar refractivity (Wildman–Crippen MR) is 74.8 cm³/mol. The van der Waals surface area contributed by atoms with Gasteiger partial charge in [-0.15, -0.1) is 0 Å². The molecule has 2 unspecified atom stereocenters. The Morgan fingerprint density at radius 1 is 1.47 bits per heavy atom. The van der Waals surface area contributed by atoms with Gasteiger partial charge in [-0.3, -0.25) is 10.1 Å². The Labute approximate surface area is 117 Å². The molecule has 1 aliphatic rings. The fraction of sp³-hybridized carbons (Fsp3) is 0.571. The van der Waals surface area contributed by atoms with Crippen LogP contribution in [0.5, 0.6) is 5.75 Å². The molecule has 0 radical (unpaired) electrons. The quantitative estimate of drug-likeness (QED) is 0.599. The zero-order valence-corrected chi connectivity index (χ0v) is 11.7. The molecule has 0 aliphatic heterocycles. The molecule has 0 amide bonds. The molecule has 0 bridgehead atoms. The third-order valence-electron chi connectivity index (χ3n) is 3.74. The minimum atomic E-state index is -0.474. The van der Waals surface area contributed by atoms with E-state index in [1.165, 1.54) is 12.5 Å². The highest BCUT2D eigenvalue weighted by Crippen LogP contribution is 2.37. The van der Waals surface area contributed by atoms with Gasteiger partial charge in [-0.2, -0.15) is 0 Å². The summed E-state index contributed by atoms with van der Waals surface area (Å²) in [6.07, 6.45) is 5.49. The molecule has 1 aromatic carbocycles. The van der Waals surface area contributed by atoms with Crippen molar-refractivity contribution in [2.24, 2.45) is 5.92 Å². The highest BCUT2D eigenvalue weighted by Gasteiger charge is 2.26. The second kappa shape index (κ2) is 6.24. The van der Waals surface area contributed by atoms with Gasteiger partial charge in [-0.25, -0.2) is 0 Å². The van der Waals surface area contributed by atoms with E-state index < -0.39 is 4.92 Å². The van der Waals surface area contributed by atoms with Crippen molar-refractivity contribution in [1.82, 2.24) is 0 Å². The number of hydrogen-bond acceptors (Lipinski definition) is 3. The van der Waals surface area contributed by atoms with Crippen molar-refractivity contribution in [1.29, 1.82) is 0 Å². The Morgan fingerprint density at radius 2 is 2.26 bits per heavy atom. The first kappa shape index (κ1) is 14.1. The fourth-order valence-corrected chi connectivity index (χ4v) is 2.90. The van der Waals surface area contributed by atoms with Crippen LogP contribution in [0.15, 0.2) is 18.2 Å². The monoisotopic (exact) mass is 283 g/mol. The molecule has 1 aromatic rings. The van der Waals surface area contributed by atoms with Crippen molar-refractivity contribution in [3.8, 4) is 5.75 Å². The van der Waals surface area contributed by atoms with Crippen molar-refractivity contribution < 1.29 is 9.66 Å². The SMILES string of the molecule is CCC1CCCC(Oc2cccc(Cl)c2[N+](=O)[O-])C1. The Kier molecular flexibility index (Phi) is 4.64. The fourth-order valence-electron chi connectivity index (χ4n) is 2.67. The molecule has 0 N–H and O–H groups in total. The number of para-hydroxylation sites is 1. The van der Waals surface area contributed by atoms with Crippen molar-refractivity contribution in [2.45, 2.75) is 45.1 Å². The van der Waals surface area contributed by atoms with E-state index in [0.29, 0.717) is 11.7 Å². The molecule has 104 valence electrons. The Hall–Kier alpha value is -1.29. The van der Waals surface area contributed by atoms with Crippen LogP contribution in [0.1, 0.15) is 39.0 Å². The molecule has 0 aromatic heterocycles. The van der Waals surface area contributed by atoms with Gasteiger partial charge in [0.25, 0.3) is 0 Å². The molecule has 0 spiro atoms. The molecule has 1 fully saturated rings. The average molecular weight is 284 g/mol. The van der Waals surface area contributed by atoms with E-state index in [1.807, 2.05) is 0 Å². The molecule has 2 rings (SSSR count). The van der Waals surface area contributed by atoms with Crippen LogP contribution in [-0.4, -0.2) is 11.0 Å². The number of nitro groups is 1. The van der Waals surface area contributed by atoms with Gasteiger partial charge in [0.15, 0.2) is 5.75 Å². The number of rotatable bonds is 4. The van der Waals surface area contributed by atoms with Gasteiger partial charge >= 0.3 is 5.69 Å². The van der Waals surface area contributed by atoms with Gasteiger partial charge in [-0.1, -0.05) is 37.4 Å². The molecule has 0 saturated heterocycles. The Balaban J connectivity index is 2.14.